The molecule has 2 rings (SSSR count). The number of hydrogen-bond donors (Lipinski definition) is 2. The molecule has 6 heteroatoms. The van der Waals surface area contributed by atoms with Gasteiger partial charge in [0, 0.05) is 20.0 Å². The minimum atomic E-state index is -1.07. The molecule has 0 fully saturated rings. The monoisotopic (exact) mass is 194 g/mol. The molecule has 0 aliphatic carbocycles. The molecule has 0 saturated carbocycles. The molecule has 0 radical (unpaired) electrons. The maximum Gasteiger partial charge on any atom is 0.356 e. The summed E-state index contributed by atoms with van der Waals surface area (Å²) in [6.07, 6.45) is 0.721. The van der Waals surface area contributed by atoms with Gasteiger partial charge >= 0.3 is 5.97 Å². The maximum absolute atomic E-state index is 10.9. The number of fused-ring (bicyclic) bond motifs is 1. The second kappa shape index (κ2) is 2.83. The molecule has 6 nitrogen and oxygen atoms in total. The Morgan fingerprint density at radius 3 is 2.93 bits per heavy atom. The summed E-state index contributed by atoms with van der Waals surface area (Å²) in [5, 5.41) is 8.92. The second-order valence-electron chi connectivity index (χ2n) is 3.20. The topological polar surface area (TPSA) is 92.3 Å². The van der Waals surface area contributed by atoms with Crippen LogP contribution >= 0.6 is 0 Å². The van der Waals surface area contributed by atoms with Gasteiger partial charge in [-0.15, -0.1) is 0 Å². The summed E-state index contributed by atoms with van der Waals surface area (Å²) in [5.74, 6) is -1.04. The molecule has 2 heterocycles. The number of nitrogens with two attached hydrogens (primary N) is 1. The van der Waals surface area contributed by atoms with Gasteiger partial charge in [-0.1, -0.05) is 0 Å². The zero-order valence-electron chi connectivity index (χ0n) is 7.69. The van der Waals surface area contributed by atoms with Crippen LogP contribution in [0.2, 0.25) is 0 Å². The van der Waals surface area contributed by atoms with Crippen LogP contribution in [0.5, 0.6) is 0 Å². The Labute approximate surface area is 80.4 Å². The number of rotatable bonds is 1. The Hall–Kier alpha value is -1.85. The van der Waals surface area contributed by atoms with E-state index in [0.717, 1.165) is 18.7 Å². The summed E-state index contributed by atoms with van der Waals surface area (Å²) < 4.78 is 0. The van der Waals surface area contributed by atoms with E-state index in [1.165, 1.54) is 0 Å². The lowest BCUT2D eigenvalue weighted by Gasteiger charge is -2.13. The molecule has 0 spiro atoms. The van der Waals surface area contributed by atoms with E-state index in [9.17, 15) is 4.79 Å². The normalized spacial score (nSPS) is 14.2. The van der Waals surface area contributed by atoms with Crippen molar-refractivity contribution in [3.05, 3.63) is 11.4 Å². The molecule has 0 unspecified atom stereocenters. The van der Waals surface area contributed by atoms with Gasteiger partial charge in [0.05, 0.1) is 11.4 Å². The summed E-state index contributed by atoms with van der Waals surface area (Å²) in [4.78, 5) is 20.4. The van der Waals surface area contributed by atoms with Crippen LogP contribution in [-0.4, -0.2) is 34.6 Å². The van der Waals surface area contributed by atoms with Gasteiger partial charge in [0.2, 0.25) is 5.95 Å². The number of carboxylic acids is 1. The summed E-state index contributed by atoms with van der Waals surface area (Å²) in [6.45, 7) is 0.758. The average molecular weight is 194 g/mol. The van der Waals surface area contributed by atoms with Crippen LogP contribution in [-0.2, 0) is 6.42 Å². The van der Waals surface area contributed by atoms with Crippen molar-refractivity contribution in [1.82, 2.24) is 9.97 Å². The third-order valence-corrected chi connectivity index (χ3v) is 2.24. The zero-order valence-corrected chi connectivity index (χ0v) is 7.69. The molecule has 1 aliphatic heterocycles. The van der Waals surface area contributed by atoms with Gasteiger partial charge in [-0.2, -0.15) is 0 Å². The Bertz CT molecular complexity index is 405. The molecule has 0 aromatic carbocycles. The quantitative estimate of drug-likeness (QED) is 0.640. The van der Waals surface area contributed by atoms with Crippen molar-refractivity contribution in [1.29, 1.82) is 0 Å². The summed E-state index contributed by atoms with van der Waals surface area (Å²) >= 11 is 0. The number of carbonyl (C=O) groups is 1. The lowest BCUT2D eigenvalue weighted by atomic mass is 10.2. The van der Waals surface area contributed by atoms with Gasteiger partial charge in [-0.3, -0.25) is 0 Å². The SMILES string of the molecule is CN1CCc2nc(N)nc(C(=O)O)c21. The molecule has 74 valence electrons. The predicted octanol–water partition coefficient (Wildman–Crippen LogP) is -0.251. The van der Waals surface area contributed by atoms with E-state index in [4.69, 9.17) is 10.8 Å². The van der Waals surface area contributed by atoms with Crippen LogP contribution in [0.15, 0.2) is 0 Å². The molecule has 0 bridgehead atoms. The van der Waals surface area contributed by atoms with Gasteiger partial charge in [0.25, 0.3) is 0 Å². The molecule has 1 aliphatic rings. The Morgan fingerprint density at radius 2 is 2.29 bits per heavy atom. The fraction of sp³-hybridized carbons (Fsp3) is 0.375. The highest BCUT2D eigenvalue weighted by Gasteiger charge is 2.26. The van der Waals surface area contributed by atoms with Crippen molar-refractivity contribution in [2.45, 2.75) is 6.42 Å². The lowest BCUT2D eigenvalue weighted by molar-refractivity contribution is 0.0691. The highest BCUT2D eigenvalue weighted by Crippen LogP contribution is 2.28. The summed E-state index contributed by atoms with van der Waals surface area (Å²) in [6, 6.07) is 0. The zero-order chi connectivity index (χ0) is 10.3. The van der Waals surface area contributed by atoms with Crippen molar-refractivity contribution < 1.29 is 9.90 Å². The molecule has 0 amide bonds. The highest BCUT2D eigenvalue weighted by molar-refractivity contribution is 5.93. The first-order valence-electron chi connectivity index (χ1n) is 4.20. The smallest absolute Gasteiger partial charge is 0.356 e. The molecule has 14 heavy (non-hydrogen) atoms. The first kappa shape index (κ1) is 8.74. The average Bonchev–Trinajstić information content (AvgIpc) is 2.46. The van der Waals surface area contributed by atoms with E-state index >= 15 is 0 Å². The third kappa shape index (κ3) is 1.15. The van der Waals surface area contributed by atoms with Crippen LogP contribution in [0, 0.1) is 0 Å². The molecule has 0 saturated heterocycles. The summed E-state index contributed by atoms with van der Waals surface area (Å²) in [5.41, 5.74) is 6.71. The Kier molecular flexibility index (Phi) is 1.77. The fourth-order valence-corrected chi connectivity index (χ4v) is 1.63. The molecule has 3 N–H and O–H groups in total. The Balaban J connectivity index is 2.65. The summed E-state index contributed by atoms with van der Waals surface area (Å²) in [7, 11) is 1.82. The Morgan fingerprint density at radius 1 is 1.57 bits per heavy atom. The van der Waals surface area contributed by atoms with E-state index in [1.807, 2.05) is 11.9 Å². The second-order valence-corrected chi connectivity index (χ2v) is 3.20. The van der Waals surface area contributed by atoms with E-state index < -0.39 is 5.97 Å². The highest BCUT2D eigenvalue weighted by atomic mass is 16.4. The van der Waals surface area contributed by atoms with Gasteiger partial charge in [0.15, 0.2) is 5.69 Å². The predicted molar refractivity (Wildman–Crippen MR) is 50.4 cm³/mol. The van der Waals surface area contributed by atoms with Crippen LogP contribution in [0.25, 0.3) is 0 Å². The molecule has 1 aromatic heterocycles. The van der Waals surface area contributed by atoms with E-state index in [2.05, 4.69) is 9.97 Å². The van der Waals surface area contributed by atoms with Gasteiger partial charge < -0.3 is 15.7 Å². The van der Waals surface area contributed by atoms with E-state index in [0.29, 0.717) is 5.69 Å². The van der Waals surface area contributed by atoms with Gasteiger partial charge in [-0.05, 0) is 0 Å². The minimum Gasteiger partial charge on any atom is -0.476 e. The number of nitrogen functional groups attached to an aromatic ring is 1. The number of carboxylic acid groups (broad SMARTS) is 1. The van der Waals surface area contributed by atoms with Gasteiger partial charge in [-0.25, -0.2) is 14.8 Å². The number of anilines is 2. The largest absolute Gasteiger partial charge is 0.476 e. The number of aromatic nitrogens is 2. The van der Waals surface area contributed by atoms with Gasteiger partial charge in [0.1, 0.15) is 0 Å². The first-order valence-corrected chi connectivity index (χ1v) is 4.20. The maximum atomic E-state index is 10.9. The van der Waals surface area contributed by atoms with Crippen molar-refractivity contribution in [2.24, 2.45) is 0 Å². The molecular formula is C8H10N4O2. The lowest BCUT2D eigenvalue weighted by Crippen LogP contribution is -2.17. The third-order valence-electron chi connectivity index (χ3n) is 2.24. The van der Waals surface area contributed by atoms with Crippen molar-refractivity contribution in [3.8, 4) is 0 Å². The fourth-order valence-electron chi connectivity index (χ4n) is 1.63. The molecule has 0 atom stereocenters. The standard InChI is InChI=1S/C8H10N4O2/c1-12-3-2-4-6(12)5(7(13)14)11-8(9)10-4/h2-3H2,1H3,(H,13,14)(H2,9,10,11). The minimum absolute atomic E-state index is 0.00694. The van der Waals surface area contributed by atoms with Crippen LogP contribution in [0.4, 0.5) is 11.6 Å². The van der Waals surface area contributed by atoms with Crippen LogP contribution in [0.3, 0.4) is 0 Å². The van der Waals surface area contributed by atoms with Crippen molar-refractivity contribution >= 4 is 17.6 Å². The van der Waals surface area contributed by atoms with Crippen LogP contribution < -0.4 is 10.6 Å². The number of aromatic carboxylic acids is 1. The molecular weight excluding hydrogens is 184 g/mol. The van der Waals surface area contributed by atoms with E-state index in [1.54, 1.807) is 0 Å². The first-order chi connectivity index (χ1) is 6.59. The number of hydrogen-bond acceptors (Lipinski definition) is 5. The van der Waals surface area contributed by atoms with Crippen molar-refractivity contribution in [3.63, 3.8) is 0 Å². The molecule has 1 aromatic rings. The van der Waals surface area contributed by atoms with Crippen molar-refractivity contribution in [2.75, 3.05) is 24.2 Å². The number of nitrogens with zero attached hydrogens (tertiary/aromatic N) is 3. The van der Waals surface area contributed by atoms with Crippen LogP contribution in [0.1, 0.15) is 16.2 Å². The number of likely N-dealkylation sites (N-methyl/N-ethyl adjacent to an activating group) is 1. The van der Waals surface area contributed by atoms with E-state index in [-0.39, 0.29) is 11.6 Å².